The molecule has 2 heterocycles. The lowest BCUT2D eigenvalue weighted by Crippen LogP contribution is -2.34. The summed E-state index contributed by atoms with van der Waals surface area (Å²) in [6.45, 7) is 0.657. The van der Waals surface area contributed by atoms with E-state index < -0.39 is 0 Å². The van der Waals surface area contributed by atoms with Gasteiger partial charge in [0.2, 0.25) is 5.91 Å². The zero-order chi connectivity index (χ0) is 19.9. The highest BCUT2D eigenvalue weighted by Gasteiger charge is 2.08. The maximum atomic E-state index is 13.8. The Kier molecular flexibility index (Phi) is 6.39. The molecule has 0 saturated heterocycles. The summed E-state index contributed by atoms with van der Waals surface area (Å²) < 4.78 is 15.6. The van der Waals surface area contributed by atoms with E-state index in [0.717, 1.165) is 9.75 Å². The van der Waals surface area contributed by atoms with Crippen molar-refractivity contribution >= 4 is 29.2 Å². The predicted molar refractivity (Wildman–Crippen MR) is 110 cm³/mol. The van der Waals surface area contributed by atoms with E-state index in [2.05, 4.69) is 10.6 Å². The smallest absolute Gasteiger partial charge is 0.267 e. The second-order valence-corrected chi connectivity index (χ2v) is 7.18. The van der Waals surface area contributed by atoms with E-state index in [0.29, 0.717) is 24.3 Å². The van der Waals surface area contributed by atoms with Crippen LogP contribution in [0.3, 0.4) is 0 Å². The predicted octanol–water partition coefficient (Wildman–Crippen LogP) is 3.45. The number of hydrogen-bond donors (Lipinski definition) is 2. The third-order valence-corrected chi connectivity index (χ3v) is 5.14. The fourth-order valence-electron chi connectivity index (χ4n) is 2.61. The molecule has 7 heteroatoms. The fourth-order valence-corrected chi connectivity index (χ4v) is 3.55. The third-order valence-electron chi connectivity index (χ3n) is 4.05. The normalized spacial score (nSPS) is 10.9. The van der Waals surface area contributed by atoms with E-state index in [1.54, 1.807) is 54.2 Å². The minimum Gasteiger partial charge on any atom is -0.351 e. The minimum absolute atomic E-state index is 0.184. The van der Waals surface area contributed by atoms with Gasteiger partial charge in [-0.3, -0.25) is 9.59 Å². The number of nitrogens with zero attached hydrogens (tertiary/aromatic N) is 1. The molecular weight excluding hydrogens is 377 g/mol. The van der Waals surface area contributed by atoms with Gasteiger partial charge in [-0.25, -0.2) is 4.39 Å². The largest absolute Gasteiger partial charge is 0.351 e. The molecular formula is C21H20FN3O2S. The molecule has 2 aromatic heterocycles. The summed E-state index contributed by atoms with van der Waals surface area (Å²) in [6.07, 6.45) is 4.91. The number of aryl methyl sites for hydroxylation is 1. The van der Waals surface area contributed by atoms with E-state index in [-0.39, 0.29) is 17.6 Å². The van der Waals surface area contributed by atoms with Gasteiger partial charge in [-0.05, 0) is 36.4 Å². The van der Waals surface area contributed by atoms with Gasteiger partial charge >= 0.3 is 0 Å². The number of rotatable bonds is 7. The highest BCUT2D eigenvalue weighted by molar-refractivity contribution is 7.16. The molecule has 2 amide bonds. The Morgan fingerprint density at radius 3 is 2.61 bits per heavy atom. The summed E-state index contributed by atoms with van der Waals surface area (Å²) in [4.78, 5) is 25.5. The zero-order valence-electron chi connectivity index (χ0n) is 15.3. The lowest BCUT2D eigenvalue weighted by molar-refractivity contribution is -0.116. The minimum atomic E-state index is -0.269. The SMILES string of the molecule is Cn1cccc1C(=O)NCCNC(=O)/C=C/c1ccc(-c2ccccc2F)s1. The van der Waals surface area contributed by atoms with Crippen molar-refractivity contribution in [1.82, 2.24) is 15.2 Å². The topological polar surface area (TPSA) is 63.1 Å². The highest BCUT2D eigenvalue weighted by atomic mass is 32.1. The van der Waals surface area contributed by atoms with Gasteiger partial charge in [-0.2, -0.15) is 0 Å². The van der Waals surface area contributed by atoms with Gasteiger partial charge in [-0.15, -0.1) is 11.3 Å². The molecule has 3 aromatic rings. The molecule has 0 unspecified atom stereocenters. The Bertz CT molecular complexity index is 1010. The number of halogens is 1. The van der Waals surface area contributed by atoms with E-state index in [4.69, 9.17) is 0 Å². The summed E-state index contributed by atoms with van der Waals surface area (Å²) in [7, 11) is 1.80. The van der Waals surface area contributed by atoms with Gasteiger partial charge in [0.25, 0.3) is 5.91 Å². The Labute approximate surface area is 166 Å². The number of thiophene rings is 1. The van der Waals surface area contributed by atoms with Crippen LogP contribution in [0.1, 0.15) is 15.4 Å². The maximum Gasteiger partial charge on any atom is 0.267 e. The van der Waals surface area contributed by atoms with Crippen LogP contribution in [0.25, 0.3) is 16.5 Å². The van der Waals surface area contributed by atoms with Crippen LogP contribution in [0.4, 0.5) is 4.39 Å². The van der Waals surface area contributed by atoms with Crippen LogP contribution in [-0.2, 0) is 11.8 Å². The third kappa shape index (κ3) is 4.95. The number of amides is 2. The van der Waals surface area contributed by atoms with Crippen molar-refractivity contribution in [3.63, 3.8) is 0 Å². The van der Waals surface area contributed by atoms with Crippen LogP contribution in [0.15, 0.2) is 60.8 Å². The molecule has 0 aliphatic carbocycles. The average molecular weight is 397 g/mol. The molecule has 0 aliphatic heterocycles. The summed E-state index contributed by atoms with van der Waals surface area (Å²) >= 11 is 1.41. The monoisotopic (exact) mass is 397 g/mol. The molecule has 0 fully saturated rings. The lowest BCUT2D eigenvalue weighted by atomic mass is 10.2. The molecule has 144 valence electrons. The van der Waals surface area contributed by atoms with Gasteiger partial charge in [0.05, 0.1) is 0 Å². The summed E-state index contributed by atoms with van der Waals surface area (Å²) in [5.74, 6) is -0.708. The Balaban J connectivity index is 1.45. The first-order valence-electron chi connectivity index (χ1n) is 8.75. The van der Waals surface area contributed by atoms with Crippen molar-refractivity contribution in [1.29, 1.82) is 0 Å². The Morgan fingerprint density at radius 1 is 1.07 bits per heavy atom. The van der Waals surface area contributed by atoms with Crippen LogP contribution in [-0.4, -0.2) is 29.5 Å². The van der Waals surface area contributed by atoms with E-state index >= 15 is 0 Å². The molecule has 0 aliphatic rings. The van der Waals surface area contributed by atoms with Gasteiger partial charge in [0.1, 0.15) is 11.5 Å². The highest BCUT2D eigenvalue weighted by Crippen LogP contribution is 2.30. The number of benzene rings is 1. The molecule has 0 radical (unpaired) electrons. The summed E-state index contributed by atoms with van der Waals surface area (Å²) in [5, 5.41) is 5.46. The van der Waals surface area contributed by atoms with Gasteiger partial charge in [0, 0.05) is 47.7 Å². The van der Waals surface area contributed by atoms with Crippen molar-refractivity contribution in [2.24, 2.45) is 7.05 Å². The maximum absolute atomic E-state index is 13.8. The molecule has 1 aromatic carbocycles. The van der Waals surface area contributed by atoms with E-state index in [1.807, 2.05) is 12.1 Å². The van der Waals surface area contributed by atoms with Crippen molar-refractivity contribution in [3.05, 3.63) is 77.2 Å². The molecule has 0 bridgehead atoms. The molecule has 0 atom stereocenters. The van der Waals surface area contributed by atoms with Crippen LogP contribution < -0.4 is 10.6 Å². The second kappa shape index (κ2) is 9.14. The first-order chi connectivity index (χ1) is 13.5. The molecule has 5 nitrogen and oxygen atoms in total. The van der Waals surface area contributed by atoms with E-state index in [1.165, 1.54) is 23.5 Å². The zero-order valence-corrected chi connectivity index (χ0v) is 16.1. The van der Waals surface area contributed by atoms with Gasteiger partial charge < -0.3 is 15.2 Å². The number of carbonyl (C=O) groups excluding carboxylic acids is 2. The second-order valence-electron chi connectivity index (χ2n) is 6.07. The standard InChI is InChI=1S/C21H20FN3O2S/c1-25-14-4-7-18(25)21(27)24-13-12-23-20(26)11-9-15-8-10-19(28-15)16-5-2-3-6-17(16)22/h2-11,14H,12-13H2,1H3,(H,23,26)(H,24,27)/b11-9+. The molecule has 0 saturated carbocycles. The van der Waals surface area contributed by atoms with Crippen molar-refractivity contribution in [3.8, 4) is 10.4 Å². The Morgan fingerprint density at radius 2 is 1.86 bits per heavy atom. The van der Waals surface area contributed by atoms with Crippen LogP contribution in [0.2, 0.25) is 0 Å². The number of aromatic nitrogens is 1. The molecule has 28 heavy (non-hydrogen) atoms. The molecule has 2 N–H and O–H groups in total. The van der Waals surface area contributed by atoms with Crippen molar-refractivity contribution in [2.45, 2.75) is 0 Å². The molecule has 3 rings (SSSR count). The number of hydrogen-bond acceptors (Lipinski definition) is 3. The van der Waals surface area contributed by atoms with Gasteiger partial charge in [-0.1, -0.05) is 18.2 Å². The average Bonchev–Trinajstić information content (AvgIpc) is 3.33. The Hall–Kier alpha value is -3.19. The number of nitrogens with one attached hydrogen (secondary N) is 2. The lowest BCUT2D eigenvalue weighted by Gasteiger charge is -2.06. The van der Waals surface area contributed by atoms with Crippen molar-refractivity contribution in [2.75, 3.05) is 13.1 Å². The van der Waals surface area contributed by atoms with E-state index in [9.17, 15) is 14.0 Å². The quantitative estimate of drug-likeness (QED) is 0.474. The van der Waals surface area contributed by atoms with Crippen LogP contribution in [0.5, 0.6) is 0 Å². The van der Waals surface area contributed by atoms with Crippen LogP contribution >= 0.6 is 11.3 Å². The number of carbonyl (C=O) groups is 2. The summed E-state index contributed by atoms with van der Waals surface area (Å²) in [5.41, 5.74) is 1.11. The first-order valence-corrected chi connectivity index (χ1v) is 9.56. The molecule has 0 spiro atoms. The van der Waals surface area contributed by atoms with Crippen molar-refractivity contribution < 1.29 is 14.0 Å². The summed E-state index contributed by atoms with van der Waals surface area (Å²) in [6, 6.07) is 13.8. The van der Waals surface area contributed by atoms with Crippen LogP contribution in [0, 0.1) is 5.82 Å². The van der Waals surface area contributed by atoms with Gasteiger partial charge in [0.15, 0.2) is 0 Å². The fraction of sp³-hybridized carbons (Fsp3) is 0.143. The first kappa shape index (κ1) is 19.6.